The molecule has 10 nitrogen and oxygen atoms in total. The number of methoxy groups -OCH3 is 1. The van der Waals surface area contributed by atoms with Crippen molar-refractivity contribution in [3.05, 3.63) is 30.0 Å². The van der Waals surface area contributed by atoms with E-state index in [1.165, 1.54) is 7.11 Å². The van der Waals surface area contributed by atoms with Crippen LogP contribution < -0.4 is 20.7 Å². The number of aromatic nitrogens is 1. The first kappa shape index (κ1) is 26.5. The number of fused-ring (bicyclic) bond motifs is 1. The first-order valence-corrected chi connectivity index (χ1v) is 13.1. The molecule has 1 unspecified atom stereocenters. The number of esters is 1. The van der Waals surface area contributed by atoms with Crippen molar-refractivity contribution >= 4 is 34.6 Å². The molecule has 0 radical (unpaired) electrons. The van der Waals surface area contributed by atoms with E-state index in [0.29, 0.717) is 49.8 Å². The number of benzene rings is 1. The first-order chi connectivity index (χ1) is 17.9. The third-order valence-electron chi connectivity index (χ3n) is 6.99. The number of rotatable bonds is 13. The zero-order chi connectivity index (χ0) is 26.4. The van der Waals surface area contributed by atoms with Gasteiger partial charge in [-0.15, -0.1) is 0 Å². The summed E-state index contributed by atoms with van der Waals surface area (Å²) in [7, 11) is 1.27. The van der Waals surface area contributed by atoms with Gasteiger partial charge in [-0.05, 0) is 56.2 Å². The number of amides is 3. The molecular weight excluding hydrogens is 476 g/mol. The second kappa shape index (κ2) is 12.1. The Morgan fingerprint density at radius 1 is 1.14 bits per heavy atom. The zero-order valence-electron chi connectivity index (χ0n) is 21.4. The Hall–Kier alpha value is -3.56. The number of H-pyrrole nitrogens is 1. The van der Waals surface area contributed by atoms with Crippen molar-refractivity contribution in [2.24, 2.45) is 11.8 Å². The molecule has 4 rings (SSSR count). The smallest absolute Gasteiger partial charge is 0.328 e. The monoisotopic (exact) mass is 512 g/mol. The predicted molar refractivity (Wildman–Crippen MR) is 137 cm³/mol. The Morgan fingerprint density at radius 2 is 1.95 bits per heavy atom. The maximum absolute atomic E-state index is 13.3. The molecule has 3 atom stereocenters. The molecule has 0 spiro atoms. The number of aromatic amines is 1. The summed E-state index contributed by atoms with van der Waals surface area (Å²) in [6.07, 6.45) is 4.81. The lowest BCUT2D eigenvalue weighted by atomic mass is 9.98. The highest BCUT2D eigenvalue weighted by Gasteiger charge is 2.34. The van der Waals surface area contributed by atoms with Crippen LogP contribution in [0.4, 0.5) is 0 Å². The number of carbonyl (C=O) groups is 4. The van der Waals surface area contributed by atoms with Crippen molar-refractivity contribution in [3.63, 3.8) is 0 Å². The van der Waals surface area contributed by atoms with Crippen LogP contribution in [-0.4, -0.2) is 61.0 Å². The largest absolute Gasteiger partial charge is 0.493 e. The topological polar surface area (TPSA) is 139 Å². The molecule has 200 valence electrons. The van der Waals surface area contributed by atoms with Gasteiger partial charge in [0.2, 0.25) is 11.8 Å². The zero-order valence-corrected chi connectivity index (χ0v) is 21.4. The quantitative estimate of drug-likeness (QED) is 0.304. The lowest BCUT2D eigenvalue weighted by molar-refractivity contribution is -0.145. The van der Waals surface area contributed by atoms with Crippen LogP contribution in [0.1, 0.15) is 62.4 Å². The minimum absolute atomic E-state index is 0.0320. The minimum atomic E-state index is -0.893. The molecule has 1 saturated carbocycles. The molecule has 3 amide bonds. The molecule has 1 aromatic carbocycles. The van der Waals surface area contributed by atoms with E-state index in [9.17, 15) is 19.2 Å². The molecule has 2 fully saturated rings. The fraction of sp³-hybridized carbons (Fsp3) is 0.556. The molecule has 2 heterocycles. The highest BCUT2D eigenvalue weighted by molar-refractivity contribution is 6.01. The minimum Gasteiger partial charge on any atom is -0.493 e. The summed E-state index contributed by atoms with van der Waals surface area (Å²) in [6, 6.07) is 5.62. The average molecular weight is 513 g/mol. The Kier molecular flexibility index (Phi) is 8.68. The van der Waals surface area contributed by atoms with Crippen LogP contribution in [0.15, 0.2) is 24.3 Å². The van der Waals surface area contributed by atoms with Crippen LogP contribution in [0, 0.1) is 11.8 Å². The fourth-order valence-corrected chi connectivity index (χ4v) is 4.69. The summed E-state index contributed by atoms with van der Waals surface area (Å²) in [5.41, 5.74) is 1.09. The molecule has 37 heavy (non-hydrogen) atoms. The SMILES string of the molecule is CCCOc1cccc2[nH]c(C(=O)N[C@@H](CC3CC3)C(=O)N[C@@H](CCC3CCNC3=O)C(=O)OC)cc12. The van der Waals surface area contributed by atoms with E-state index in [2.05, 4.69) is 20.9 Å². The highest BCUT2D eigenvalue weighted by Crippen LogP contribution is 2.34. The Bertz CT molecular complexity index is 1140. The molecule has 2 aliphatic rings. The highest BCUT2D eigenvalue weighted by atomic mass is 16.5. The van der Waals surface area contributed by atoms with Crippen LogP contribution >= 0.6 is 0 Å². The Balaban J connectivity index is 1.44. The number of hydrogen-bond acceptors (Lipinski definition) is 6. The van der Waals surface area contributed by atoms with Gasteiger partial charge in [0.25, 0.3) is 5.91 Å². The summed E-state index contributed by atoms with van der Waals surface area (Å²) < 4.78 is 10.7. The lowest BCUT2D eigenvalue weighted by Gasteiger charge is -2.22. The molecule has 10 heteroatoms. The number of carbonyl (C=O) groups excluding carboxylic acids is 4. The standard InChI is InChI=1S/C27H36N4O6/c1-3-13-37-23-6-4-5-19-18(23)15-22(29-19)26(34)31-21(14-16-7-8-16)25(33)30-20(27(35)36-2)10-9-17-11-12-28-24(17)32/h4-6,15-17,20-21,29H,3,7-14H2,1-2H3,(H,28,32)(H,30,33)(H,31,34)/t17?,20-,21-/m0/s1. The van der Waals surface area contributed by atoms with Crippen LogP contribution in [-0.2, 0) is 19.1 Å². The number of ether oxygens (including phenoxy) is 2. The summed E-state index contributed by atoms with van der Waals surface area (Å²) in [5.74, 6) is -0.580. The van der Waals surface area contributed by atoms with E-state index in [4.69, 9.17) is 9.47 Å². The van der Waals surface area contributed by atoms with Crippen molar-refractivity contribution < 1.29 is 28.7 Å². The number of nitrogens with one attached hydrogen (secondary N) is 4. The van der Waals surface area contributed by atoms with E-state index < -0.39 is 29.9 Å². The van der Waals surface area contributed by atoms with Crippen molar-refractivity contribution in [3.8, 4) is 5.75 Å². The summed E-state index contributed by atoms with van der Waals surface area (Å²) in [4.78, 5) is 53.9. The maximum atomic E-state index is 13.3. The van der Waals surface area contributed by atoms with Gasteiger partial charge in [-0.3, -0.25) is 14.4 Å². The fourth-order valence-electron chi connectivity index (χ4n) is 4.69. The molecule has 1 aliphatic heterocycles. The van der Waals surface area contributed by atoms with Gasteiger partial charge >= 0.3 is 5.97 Å². The molecule has 4 N–H and O–H groups in total. The molecule has 2 aromatic rings. The van der Waals surface area contributed by atoms with Gasteiger partial charge in [0.05, 0.1) is 13.7 Å². The Morgan fingerprint density at radius 3 is 2.62 bits per heavy atom. The van der Waals surface area contributed by atoms with E-state index in [-0.39, 0.29) is 18.2 Å². The third-order valence-corrected chi connectivity index (χ3v) is 6.99. The molecule has 1 saturated heterocycles. The van der Waals surface area contributed by atoms with E-state index in [1.54, 1.807) is 6.07 Å². The maximum Gasteiger partial charge on any atom is 0.328 e. The van der Waals surface area contributed by atoms with E-state index in [1.807, 2.05) is 25.1 Å². The second-order valence-corrected chi connectivity index (χ2v) is 9.89. The van der Waals surface area contributed by atoms with Crippen LogP contribution in [0.25, 0.3) is 10.9 Å². The Labute approximate surface area is 216 Å². The van der Waals surface area contributed by atoms with Gasteiger partial charge in [-0.25, -0.2) is 4.79 Å². The summed E-state index contributed by atoms with van der Waals surface area (Å²) in [6.45, 7) is 3.22. The van der Waals surface area contributed by atoms with Crippen LogP contribution in [0.3, 0.4) is 0 Å². The second-order valence-electron chi connectivity index (χ2n) is 9.89. The van der Waals surface area contributed by atoms with Gasteiger partial charge in [0, 0.05) is 23.4 Å². The first-order valence-electron chi connectivity index (χ1n) is 13.1. The average Bonchev–Trinajstić information content (AvgIpc) is 3.44. The van der Waals surface area contributed by atoms with Gasteiger partial charge in [-0.1, -0.05) is 25.8 Å². The normalized spacial score (nSPS) is 18.6. The van der Waals surface area contributed by atoms with Crippen molar-refractivity contribution in [1.82, 2.24) is 20.9 Å². The molecule has 1 aromatic heterocycles. The molecule has 0 bridgehead atoms. The summed E-state index contributed by atoms with van der Waals surface area (Å²) >= 11 is 0. The number of hydrogen-bond donors (Lipinski definition) is 4. The van der Waals surface area contributed by atoms with Gasteiger partial charge in [0.15, 0.2) is 0 Å². The van der Waals surface area contributed by atoms with Crippen molar-refractivity contribution in [2.45, 2.75) is 64.0 Å². The van der Waals surface area contributed by atoms with E-state index >= 15 is 0 Å². The summed E-state index contributed by atoms with van der Waals surface area (Å²) in [5, 5.41) is 9.20. The van der Waals surface area contributed by atoms with Crippen molar-refractivity contribution in [1.29, 1.82) is 0 Å². The molecule has 1 aliphatic carbocycles. The third kappa shape index (κ3) is 6.81. The van der Waals surface area contributed by atoms with Crippen LogP contribution in [0.2, 0.25) is 0 Å². The van der Waals surface area contributed by atoms with Gasteiger partial charge in [-0.2, -0.15) is 0 Å². The van der Waals surface area contributed by atoms with Gasteiger partial charge in [0.1, 0.15) is 23.5 Å². The van der Waals surface area contributed by atoms with E-state index in [0.717, 1.165) is 30.2 Å². The predicted octanol–water partition coefficient (Wildman–Crippen LogP) is 2.43. The lowest BCUT2D eigenvalue weighted by Crippen LogP contribution is -2.52. The van der Waals surface area contributed by atoms with Crippen LogP contribution in [0.5, 0.6) is 5.75 Å². The molecular formula is C27H36N4O6. The van der Waals surface area contributed by atoms with Gasteiger partial charge < -0.3 is 30.4 Å². The van der Waals surface area contributed by atoms with Crippen molar-refractivity contribution in [2.75, 3.05) is 20.3 Å².